The van der Waals surface area contributed by atoms with Crippen LogP contribution in [0.1, 0.15) is 24.8 Å². The Morgan fingerprint density at radius 3 is 2.71 bits per heavy atom. The lowest BCUT2D eigenvalue weighted by Crippen LogP contribution is -2.40. The summed E-state index contributed by atoms with van der Waals surface area (Å²) in [6, 6.07) is 7.19. The molecule has 0 spiro atoms. The Morgan fingerprint density at radius 1 is 1.43 bits per heavy atom. The van der Waals surface area contributed by atoms with Gasteiger partial charge in [0.1, 0.15) is 11.7 Å². The van der Waals surface area contributed by atoms with E-state index < -0.39 is 17.3 Å². The monoisotopic (exact) mass is 325 g/mol. The van der Waals surface area contributed by atoms with Gasteiger partial charge in [0.2, 0.25) is 0 Å². The van der Waals surface area contributed by atoms with E-state index in [1.54, 1.807) is 18.2 Å². The number of ketones is 1. The van der Waals surface area contributed by atoms with Crippen molar-refractivity contribution in [2.75, 3.05) is 7.11 Å². The van der Waals surface area contributed by atoms with Gasteiger partial charge in [0, 0.05) is 6.42 Å². The second-order valence-electron chi connectivity index (χ2n) is 5.07. The first kappa shape index (κ1) is 15.8. The maximum Gasteiger partial charge on any atom is 0.316 e. The summed E-state index contributed by atoms with van der Waals surface area (Å²) in [6.07, 6.45) is 0.619. The van der Waals surface area contributed by atoms with Crippen molar-refractivity contribution in [1.29, 1.82) is 5.26 Å². The highest BCUT2D eigenvalue weighted by Crippen LogP contribution is 2.42. The summed E-state index contributed by atoms with van der Waals surface area (Å²) >= 11 is 11.9. The number of carbonyl (C=O) groups excluding carboxylic acids is 2. The van der Waals surface area contributed by atoms with Gasteiger partial charge < -0.3 is 4.74 Å². The number of Topliss-reactive ketones (excluding diaryl/α,β-unsaturated/α-hetero) is 1. The predicted octanol–water partition coefficient (Wildman–Crippen LogP) is 3.30. The fourth-order valence-corrected chi connectivity index (χ4v) is 2.95. The molecule has 0 unspecified atom stereocenters. The first-order valence-corrected chi connectivity index (χ1v) is 7.16. The molecule has 0 saturated heterocycles. The number of hydrogen-bond acceptors (Lipinski definition) is 4. The van der Waals surface area contributed by atoms with Crippen LogP contribution < -0.4 is 0 Å². The standard InChI is InChI=1S/C15H13Cl2NO3/c1-21-14(20)10-7-15(8-18,5-4-13(10)19)9-2-3-11(16)12(17)6-9/h2-3,6,10H,4-5,7H2,1H3/t10-,15+/m0/s1. The SMILES string of the molecule is COC(=O)[C@H]1C[C@](C#N)(c2ccc(Cl)c(Cl)c2)CCC1=O. The van der Waals surface area contributed by atoms with Gasteiger partial charge >= 0.3 is 5.97 Å². The van der Waals surface area contributed by atoms with Gasteiger partial charge in [-0.2, -0.15) is 5.26 Å². The molecule has 110 valence electrons. The number of methoxy groups -OCH3 is 1. The van der Waals surface area contributed by atoms with E-state index >= 15 is 0 Å². The molecule has 1 aromatic carbocycles. The summed E-state index contributed by atoms with van der Waals surface area (Å²) in [4.78, 5) is 23.6. The van der Waals surface area contributed by atoms with E-state index in [9.17, 15) is 14.9 Å². The molecule has 0 aliphatic heterocycles. The van der Waals surface area contributed by atoms with E-state index in [1.807, 2.05) is 0 Å². The van der Waals surface area contributed by atoms with Crippen molar-refractivity contribution in [2.24, 2.45) is 5.92 Å². The zero-order chi connectivity index (χ0) is 15.6. The molecule has 0 radical (unpaired) electrons. The minimum atomic E-state index is -0.930. The minimum Gasteiger partial charge on any atom is -0.468 e. The lowest BCUT2D eigenvalue weighted by Gasteiger charge is -2.34. The van der Waals surface area contributed by atoms with Crippen molar-refractivity contribution in [1.82, 2.24) is 0 Å². The Hall–Kier alpha value is -1.57. The predicted molar refractivity (Wildman–Crippen MR) is 78.1 cm³/mol. The second kappa shape index (κ2) is 6.05. The Labute approximate surface area is 132 Å². The molecule has 0 aromatic heterocycles. The van der Waals surface area contributed by atoms with Gasteiger partial charge in [0.15, 0.2) is 0 Å². The van der Waals surface area contributed by atoms with E-state index in [1.165, 1.54) is 7.11 Å². The summed E-state index contributed by atoms with van der Waals surface area (Å²) in [5.41, 5.74) is -0.262. The fourth-order valence-electron chi connectivity index (χ4n) is 2.65. The summed E-state index contributed by atoms with van der Waals surface area (Å²) in [5.74, 6) is -1.69. The van der Waals surface area contributed by atoms with Gasteiger partial charge in [0.05, 0.1) is 28.6 Å². The number of nitriles is 1. The third-order valence-corrected chi connectivity index (χ3v) is 4.65. The topological polar surface area (TPSA) is 67.2 Å². The summed E-state index contributed by atoms with van der Waals surface area (Å²) in [5, 5.41) is 10.4. The van der Waals surface area contributed by atoms with Crippen LogP contribution in [0, 0.1) is 17.2 Å². The summed E-state index contributed by atoms with van der Waals surface area (Å²) in [6.45, 7) is 0. The van der Waals surface area contributed by atoms with Gasteiger partial charge in [-0.25, -0.2) is 0 Å². The number of nitrogens with zero attached hydrogens (tertiary/aromatic N) is 1. The largest absolute Gasteiger partial charge is 0.468 e. The van der Waals surface area contributed by atoms with Crippen molar-refractivity contribution in [2.45, 2.75) is 24.7 Å². The van der Waals surface area contributed by atoms with Crippen molar-refractivity contribution in [3.63, 3.8) is 0 Å². The van der Waals surface area contributed by atoms with Crippen LogP contribution in [0.3, 0.4) is 0 Å². The van der Waals surface area contributed by atoms with E-state index in [0.29, 0.717) is 22.0 Å². The lowest BCUT2D eigenvalue weighted by molar-refractivity contribution is -0.151. The summed E-state index contributed by atoms with van der Waals surface area (Å²) < 4.78 is 4.66. The Kier molecular flexibility index (Phi) is 4.55. The molecule has 1 aliphatic carbocycles. The van der Waals surface area contributed by atoms with Gasteiger partial charge in [-0.1, -0.05) is 29.3 Å². The van der Waals surface area contributed by atoms with Crippen LogP contribution in [0.25, 0.3) is 0 Å². The van der Waals surface area contributed by atoms with Crippen LogP contribution in [0.4, 0.5) is 0 Å². The quantitative estimate of drug-likeness (QED) is 0.618. The molecular formula is C15H13Cl2NO3. The van der Waals surface area contributed by atoms with Crippen molar-refractivity contribution in [3.8, 4) is 6.07 Å². The molecule has 0 heterocycles. The van der Waals surface area contributed by atoms with Gasteiger partial charge in [-0.05, 0) is 30.5 Å². The molecule has 21 heavy (non-hydrogen) atoms. The van der Waals surface area contributed by atoms with Crippen LogP contribution in [-0.2, 0) is 19.7 Å². The van der Waals surface area contributed by atoms with Crippen molar-refractivity contribution in [3.05, 3.63) is 33.8 Å². The molecule has 1 aliphatic rings. The molecule has 1 fully saturated rings. The van der Waals surface area contributed by atoms with E-state index in [4.69, 9.17) is 23.2 Å². The Bertz CT molecular complexity index is 630. The molecule has 0 bridgehead atoms. The molecule has 1 aromatic rings. The maximum absolute atomic E-state index is 11.9. The summed E-state index contributed by atoms with van der Waals surface area (Å²) in [7, 11) is 1.23. The normalized spacial score (nSPS) is 25.2. The van der Waals surface area contributed by atoms with E-state index in [2.05, 4.69) is 10.8 Å². The van der Waals surface area contributed by atoms with Crippen molar-refractivity contribution < 1.29 is 14.3 Å². The fraction of sp³-hybridized carbons (Fsp3) is 0.400. The number of halogens is 2. The highest BCUT2D eigenvalue weighted by molar-refractivity contribution is 6.42. The highest BCUT2D eigenvalue weighted by Gasteiger charge is 2.45. The van der Waals surface area contributed by atoms with Gasteiger partial charge in [-0.3, -0.25) is 9.59 Å². The zero-order valence-corrected chi connectivity index (χ0v) is 12.9. The molecule has 6 heteroatoms. The number of ether oxygens (including phenoxy) is 1. The number of carbonyl (C=O) groups is 2. The molecule has 1 saturated carbocycles. The molecule has 2 atom stereocenters. The lowest BCUT2D eigenvalue weighted by atomic mass is 9.66. The molecule has 2 rings (SSSR count). The molecule has 0 amide bonds. The van der Waals surface area contributed by atoms with E-state index in [0.717, 1.165) is 0 Å². The smallest absolute Gasteiger partial charge is 0.316 e. The Morgan fingerprint density at radius 2 is 2.14 bits per heavy atom. The molecule has 0 N–H and O–H groups in total. The molecular weight excluding hydrogens is 313 g/mol. The van der Waals surface area contributed by atoms with Crippen molar-refractivity contribution >= 4 is 35.0 Å². The number of benzene rings is 1. The van der Waals surface area contributed by atoms with Crippen LogP contribution >= 0.6 is 23.2 Å². The number of esters is 1. The van der Waals surface area contributed by atoms with Crippen LogP contribution in [0.5, 0.6) is 0 Å². The van der Waals surface area contributed by atoms with E-state index in [-0.39, 0.29) is 18.6 Å². The zero-order valence-electron chi connectivity index (χ0n) is 11.4. The average molecular weight is 326 g/mol. The Balaban J connectivity index is 2.42. The molecule has 4 nitrogen and oxygen atoms in total. The third kappa shape index (κ3) is 2.90. The first-order valence-electron chi connectivity index (χ1n) is 6.41. The second-order valence-corrected chi connectivity index (χ2v) is 5.88. The third-order valence-electron chi connectivity index (χ3n) is 3.91. The average Bonchev–Trinajstić information content (AvgIpc) is 2.50. The van der Waals surface area contributed by atoms with Gasteiger partial charge in [0.25, 0.3) is 0 Å². The number of rotatable bonds is 2. The van der Waals surface area contributed by atoms with Crippen LogP contribution in [0.2, 0.25) is 10.0 Å². The van der Waals surface area contributed by atoms with Crippen LogP contribution in [-0.4, -0.2) is 18.9 Å². The van der Waals surface area contributed by atoms with Crippen LogP contribution in [0.15, 0.2) is 18.2 Å². The maximum atomic E-state index is 11.9. The first-order chi connectivity index (χ1) is 9.93. The highest BCUT2D eigenvalue weighted by atomic mass is 35.5. The number of hydrogen-bond donors (Lipinski definition) is 0. The van der Waals surface area contributed by atoms with Gasteiger partial charge in [-0.15, -0.1) is 0 Å². The minimum absolute atomic E-state index is 0.104.